The lowest BCUT2D eigenvalue weighted by atomic mass is 9.79. The first kappa shape index (κ1) is 28.4. The van der Waals surface area contributed by atoms with E-state index in [1.54, 1.807) is 4.57 Å². The quantitative estimate of drug-likeness (QED) is 0.276. The average molecular weight is 566 g/mol. The molecule has 1 saturated heterocycles. The fourth-order valence-corrected chi connectivity index (χ4v) is 7.22. The zero-order valence-electron chi connectivity index (χ0n) is 24.8. The predicted octanol–water partition coefficient (Wildman–Crippen LogP) is 5.87. The molecule has 1 atom stereocenters. The highest BCUT2D eigenvalue weighted by molar-refractivity contribution is 5.81. The van der Waals surface area contributed by atoms with Crippen molar-refractivity contribution in [2.45, 2.75) is 64.0 Å². The number of imidazole rings is 1. The Bertz CT molecular complexity index is 1520. The van der Waals surface area contributed by atoms with E-state index in [9.17, 15) is 9.59 Å². The van der Waals surface area contributed by atoms with Gasteiger partial charge >= 0.3 is 0 Å². The molecule has 220 valence electrons. The van der Waals surface area contributed by atoms with Gasteiger partial charge in [0.2, 0.25) is 5.91 Å². The molecule has 42 heavy (non-hydrogen) atoms. The van der Waals surface area contributed by atoms with Gasteiger partial charge in [0.05, 0.1) is 18.6 Å². The summed E-state index contributed by atoms with van der Waals surface area (Å²) in [7, 11) is 1.84. The minimum atomic E-state index is -0.0161. The maximum Gasteiger partial charge on any atom is 0.255 e. The summed E-state index contributed by atoms with van der Waals surface area (Å²) in [4.78, 5) is 40.0. The van der Waals surface area contributed by atoms with E-state index in [1.807, 2.05) is 48.6 Å². The molecule has 7 nitrogen and oxygen atoms in total. The normalized spacial score (nSPS) is 17.8. The van der Waals surface area contributed by atoms with Gasteiger partial charge in [-0.3, -0.25) is 14.5 Å². The summed E-state index contributed by atoms with van der Waals surface area (Å²) in [6.07, 6.45) is 11.2. The average Bonchev–Trinajstić information content (AvgIpc) is 3.56. The highest BCUT2D eigenvalue weighted by Crippen LogP contribution is 2.35. The smallest absolute Gasteiger partial charge is 0.255 e. The molecule has 6 rings (SSSR count). The molecule has 1 aliphatic heterocycles. The summed E-state index contributed by atoms with van der Waals surface area (Å²) in [5.74, 6) is 1.96. The van der Waals surface area contributed by atoms with Crippen LogP contribution in [0.2, 0.25) is 0 Å². The maximum absolute atomic E-state index is 14.2. The Morgan fingerprint density at radius 1 is 1.00 bits per heavy atom. The summed E-state index contributed by atoms with van der Waals surface area (Å²) in [6, 6.07) is 20.7. The zero-order valence-corrected chi connectivity index (χ0v) is 24.8. The first-order chi connectivity index (χ1) is 20.6. The second kappa shape index (κ2) is 13.1. The van der Waals surface area contributed by atoms with Gasteiger partial charge in [0.15, 0.2) is 0 Å². The van der Waals surface area contributed by atoms with Crippen LogP contribution in [0.5, 0.6) is 0 Å². The van der Waals surface area contributed by atoms with E-state index in [2.05, 4.69) is 51.3 Å². The lowest BCUT2D eigenvalue weighted by molar-refractivity contribution is -0.137. The molecule has 2 fully saturated rings. The van der Waals surface area contributed by atoms with Crippen LogP contribution in [0.4, 0.5) is 0 Å². The third-order valence-electron chi connectivity index (χ3n) is 9.61. The second-order valence-electron chi connectivity index (χ2n) is 12.3. The SMILES string of the molecule is Cn1c(=O)c(CN(CC(c2ccccc2)C2CCN(Cc3ncc[nH]3)CC2)C(=O)C2CCCCC2)cc2ccccc21. The fraction of sp³-hybridized carbons (Fsp3) is 0.457. The number of H-pyrrole nitrogens is 1. The Labute approximate surface area is 248 Å². The standard InChI is InChI=1S/C35H43N5O2/c1-38-32-15-9-8-14-29(32)22-30(34(38)41)23-40(35(42)28-12-6-3-7-13-28)24-31(26-10-4-2-5-11-26)27-16-20-39(21-17-27)25-33-36-18-19-37-33/h2,4-5,8-11,14-15,18-19,22,27-28,31H,3,6-7,12-13,16-17,20-21,23-25H2,1H3,(H,36,37). The number of hydrogen-bond donors (Lipinski definition) is 1. The van der Waals surface area contributed by atoms with E-state index in [4.69, 9.17) is 0 Å². The Hall–Kier alpha value is -3.71. The van der Waals surface area contributed by atoms with E-state index in [-0.39, 0.29) is 23.3 Å². The number of fused-ring (bicyclic) bond motifs is 1. The van der Waals surface area contributed by atoms with Gasteiger partial charge in [-0.1, -0.05) is 67.8 Å². The molecule has 1 unspecified atom stereocenters. The molecule has 1 amide bonds. The third kappa shape index (κ3) is 6.36. The van der Waals surface area contributed by atoms with Crippen molar-refractivity contribution < 1.29 is 4.79 Å². The summed E-state index contributed by atoms with van der Waals surface area (Å²) in [5.41, 5.74) is 2.88. The van der Waals surface area contributed by atoms with Crippen LogP contribution in [-0.4, -0.2) is 49.9 Å². The Balaban J connectivity index is 1.28. The lowest BCUT2D eigenvalue weighted by Gasteiger charge is -2.39. The van der Waals surface area contributed by atoms with Gasteiger partial charge in [-0.05, 0) is 67.8 Å². The number of rotatable bonds is 9. The van der Waals surface area contributed by atoms with Crippen molar-refractivity contribution in [2.24, 2.45) is 18.9 Å². The van der Waals surface area contributed by atoms with Crippen LogP contribution in [-0.2, 0) is 24.9 Å². The highest BCUT2D eigenvalue weighted by atomic mass is 16.2. The molecular weight excluding hydrogens is 522 g/mol. The number of hydrogen-bond acceptors (Lipinski definition) is 4. The second-order valence-corrected chi connectivity index (χ2v) is 12.3. The van der Waals surface area contributed by atoms with Gasteiger partial charge in [0.25, 0.3) is 5.56 Å². The minimum absolute atomic E-state index is 0.0161. The predicted molar refractivity (Wildman–Crippen MR) is 167 cm³/mol. The number of amides is 1. The van der Waals surface area contributed by atoms with Gasteiger partial charge in [-0.2, -0.15) is 0 Å². The molecule has 0 radical (unpaired) electrons. The van der Waals surface area contributed by atoms with E-state index in [1.165, 1.54) is 12.0 Å². The Morgan fingerprint density at radius 2 is 1.74 bits per heavy atom. The van der Waals surface area contributed by atoms with Crippen molar-refractivity contribution in [3.8, 4) is 0 Å². The number of para-hydroxylation sites is 1. The highest BCUT2D eigenvalue weighted by Gasteiger charge is 2.33. The van der Waals surface area contributed by atoms with Crippen molar-refractivity contribution in [3.05, 3.63) is 100 Å². The van der Waals surface area contributed by atoms with Crippen molar-refractivity contribution >= 4 is 16.8 Å². The van der Waals surface area contributed by atoms with Crippen LogP contribution >= 0.6 is 0 Å². The van der Waals surface area contributed by atoms with Crippen molar-refractivity contribution in [3.63, 3.8) is 0 Å². The topological polar surface area (TPSA) is 74.2 Å². The maximum atomic E-state index is 14.2. The fourth-order valence-electron chi connectivity index (χ4n) is 7.22. The molecule has 3 heterocycles. The van der Waals surface area contributed by atoms with Crippen LogP contribution in [0.15, 0.2) is 77.9 Å². The zero-order chi connectivity index (χ0) is 28.9. The van der Waals surface area contributed by atoms with Gasteiger partial charge in [0.1, 0.15) is 5.82 Å². The van der Waals surface area contributed by atoms with Crippen LogP contribution in [0.25, 0.3) is 10.9 Å². The molecule has 1 N–H and O–H groups in total. The number of aromatic amines is 1. The van der Waals surface area contributed by atoms with E-state index < -0.39 is 0 Å². The van der Waals surface area contributed by atoms with Crippen LogP contribution in [0.1, 0.15) is 67.8 Å². The number of likely N-dealkylation sites (tertiary alicyclic amines) is 1. The van der Waals surface area contributed by atoms with Crippen LogP contribution in [0, 0.1) is 11.8 Å². The summed E-state index contributed by atoms with van der Waals surface area (Å²) >= 11 is 0. The lowest BCUT2D eigenvalue weighted by Crippen LogP contribution is -2.43. The molecular formula is C35H43N5O2. The van der Waals surface area contributed by atoms with Gasteiger partial charge < -0.3 is 14.5 Å². The van der Waals surface area contributed by atoms with Crippen molar-refractivity contribution in [1.82, 2.24) is 24.3 Å². The number of nitrogens with one attached hydrogen (secondary N) is 1. The van der Waals surface area contributed by atoms with E-state index in [0.29, 0.717) is 24.6 Å². The number of carbonyl (C=O) groups is 1. The molecule has 0 spiro atoms. The third-order valence-corrected chi connectivity index (χ3v) is 9.61. The first-order valence-electron chi connectivity index (χ1n) is 15.7. The van der Waals surface area contributed by atoms with E-state index in [0.717, 1.165) is 74.9 Å². The number of carbonyl (C=O) groups excluding carboxylic acids is 1. The molecule has 2 aromatic heterocycles. The molecule has 0 bridgehead atoms. The Kier molecular flexibility index (Phi) is 8.84. The molecule has 4 aromatic rings. The summed E-state index contributed by atoms with van der Waals surface area (Å²) < 4.78 is 1.73. The molecule has 7 heteroatoms. The number of pyridine rings is 1. The van der Waals surface area contributed by atoms with E-state index >= 15 is 0 Å². The number of nitrogens with zero attached hydrogens (tertiary/aromatic N) is 4. The van der Waals surface area contributed by atoms with Gasteiger partial charge in [0, 0.05) is 43.4 Å². The number of piperidine rings is 1. The first-order valence-corrected chi connectivity index (χ1v) is 15.7. The molecule has 1 saturated carbocycles. The largest absolute Gasteiger partial charge is 0.348 e. The van der Waals surface area contributed by atoms with Gasteiger partial charge in [-0.15, -0.1) is 0 Å². The molecule has 2 aliphatic rings. The van der Waals surface area contributed by atoms with Crippen molar-refractivity contribution in [1.29, 1.82) is 0 Å². The number of benzene rings is 2. The van der Waals surface area contributed by atoms with Crippen LogP contribution in [0.3, 0.4) is 0 Å². The molecule has 1 aliphatic carbocycles. The summed E-state index contributed by atoms with van der Waals surface area (Å²) in [5, 5.41) is 1.03. The monoisotopic (exact) mass is 565 g/mol. The van der Waals surface area contributed by atoms with Gasteiger partial charge in [-0.25, -0.2) is 4.98 Å². The number of aryl methyl sites for hydroxylation is 1. The van der Waals surface area contributed by atoms with Crippen LogP contribution < -0.4 is 5.56 Å². The number of aromatic nitrogens is 3. The summed E-state index contributed by atoms with van der Waals surface area (Å²) in [6.45, 7) is 3.85. The minimum Gasteiger partial charge on any atom is -0.348 e. The molecule has 2 aromatic carbocycles. The Morgan fingerprint density at radius 3 is 2.48 bits per heavy atom. The van der Waals surface area contributed by atoms with Crippen molar-refractivity contribution in [2.75, 3.05) is 19.6 Å².